The monoisotopic (exact) mass is 400 g/mol. The number of fused-ring (bicyclic) bond motifs is 2. The van der Waals surface area contributed by atoms with Crippen LogP contribution >= 0.6 is 0 Å². The Kier molecular flexibility index (Phi) is 4.85. The first-order valence-corrected chi connectivity index (χ1v) is 10.1. The fraction of sp³-hybridized carbons (Fsp3) is 0.250. The lowest BCUT2D eigenvalue weighted by Gasteiger charge is -2.38. The van der Waals surface area contributed by atoms with Crippen LogP contribution in [0.4, 0.5) is 0 Å². The van der Waals surface area contributed by atoms with Gasteiger partial charge in [-0.3, -0.25) is 4.90 Å². The molecule has 0 bridgehead atoms. The van der Waals surface area contributed by atoms with Crippen molar-refractivity contribution in [3.63, 3.8) is 0 Å². The van der Waals surface area contributed by atoms with E-state index < -0.39 is 0 Å². The molecule has 1 aliphatic heterocycles. The molecule has 0 spiro atoms. The average molecular weight is 400 g/mol. The number of para-hydroxylation sites is 1. The van der Waals surface area contributed by atoms with E-state index in [2.05, 4.69) is 63.7 Å². The molecular weight excluding hydrogens is 376 g/mol. The molecule has 5 rings (SSSR count). The third-order valence-corrected chi connectivity index (χ3v) is 5.82. The van der Waals surface area contributed by atoms with Crippen LogP contribution in [0.15, 0.2) is 66.7 Å². The van der Waals surface area contributed by atoms with Gasteiger partial charge in [0, 0.05) is 6.54 Å². The molecule has 0 fully saturated rings. The molecule has 30 heavy (non-hydrogen) atoms. The first-order chi connectivity index (χ1) is 14.8. The molecule has 0 N–H and O–H groups in total. The van der Waals surface area contributed by atoms with Crippen molar-refractivity contribution in [3.8, 4) is 11.5 Å². The number of rotatable bonds is 5. The van der Waals surface area contributed by atoms with Crippen LogP contribution in [0, 0.1) is 0 Å². The SMILES string of the molecule is COc1cc2c(cc1OC)C(c1ccccc1)N(Cn1nnc3ccccc31)CC2. The zero-order valence-electron chi connectivity index (χ0n) is 17.2. The highest BCUT2D eigenvalue weighted by molar-refractivity contribution is 5.73. The van der Waals surface area contributed by atoms with Crippen molar-refractivity contribution in [2.45, 2.75) is 19.1 Å². The maximum absolute atomic E-state index is 5.61. The first-order valence-electron chi connectivity index (χ1n) is 10.1. The fourth-order valence-corrected chi connectivity index (χ4v) is 4.37. The molecule has 0 amide bonds. The molecule has 0 radical (unpaired) electrons. The summed E-state index contributed by atoms with van der Waals surface area (Å²) in [6.07, 6.45) is 0.936. The Bertz CT molecular complexity index is 1170. The van der Waals surface area contributed by atoms with Gasteiger partial charge < -0.3 is 9.47 Å². The third-order valence-electron chi connectivity index (χ3n) is 5.82. The molecule has 3 aromatic carbocycles. The smallest absolute Gasteiger partial charge is 0.161 e. The number of methoxy groups -OCH3 is 2. The van der Waals surface area contributed by atoms with Gasteiger partial charge in [0.2, 0.25) is 0 Å². The number of aromatic nitrogens is 3. The van der Waals surface area contributed by atoms with Gasteiger partial charge in [0.1, 0.15) is 5.52 Å². The second-order valence-corrected chi connectivity index (χ2v) is 7.50. The van der Waals surface area contributed by atoms with E-state index in [4.69, 9.17) is 9.47 Å². The van der Waals surface area contributed by atoms with Gasteiger partial charge in [-0.1, -0.05) is 47.7 Å². The molecule has 6 heteroatoms. The summed E-state index contributed by atoms with van der Waals surface area (Å²) in [5.41, 5.74) is 5.74. The van der Waals surface area contributed by atoms with E-state index in [1.165, 1.54) is 16.7 Å². The summed E-state index contributed by atoms with van der Waals surface area (Å²) in [4.78, 5) is 2.45. The van der Waals surface area contributed by atoms with E-state index in [9.17, 15) is 0 Å². The maximum atomic E-state index is 5.61. The normalized spacial score (nSPS) is 16.4. The molecule has 2 heterocycles. The van der Waals surface area contributed by atoms with E-state index in [0.29, 0.717) is 6.67 Å². The van der Waals surface area contributed by atoms with Crippen molar-refractivity contribution < 1.29 is 9.47 Å². The number of hydrogen-bond donors (Lipinski definition) is 0. The summed E-state index contributed by atoms with van der Waals surface area (Å²) in [5.74, 6) is 1.53. The number of nitrogens with zero attached hydrogens (tertiary/aromatic N) is 4. The molecule has 0 aliphatic carbocycles. The van der Waals surface area contributed by atoms with Crippen LogP contribution in [0.1, 0.15) is 22.7 Å². The minimum Gasteiger partial charge on any atom is -0.493 e. The Labute approximate surface area is 175 Å². The Morgan fingerprint density at radius 1 is 0.933 bits per heavy atom. The highest BCUT2D eigenvalue weighted by Crippen LogP contribution is 2.41. The number of benzene rings is 3. The summed E-state index contributed by atoms with van der Waals surface area (Å²) in [6, 6.07) is 23.0. The van der Waals surface area contributed by atoms with Gasteiger partial charge in [-0.25, -0.2) is 4.68 Å². The van der Waals surface area contributed by atoms with Gasteiger partial charge in [0.05, 0.1) is 32.4 Å². The summed E-state index contributed by atoms with van der Waals surface area (Å²) < 4.78 is 13.1. The Balaban J connectivity index is 1.59. The van der Waals surface area contributed by atoms with E-state index >= 15 is 0 Å². The minimum absolute atomic E-state index is 0.0951. The number of ether oxygens (including phenoxy) is 2. The summed E-state index contributed by atoms with van der Waals surface area (Å²) in [6.45, 7) is 1.57. The van der Waals surface area contributed by atoms with Gasteiger partial charge in [0.15, 0.2) is 11.5 Å². The second-order valence-electron chi connectivity index (χ2n) is 7.50. The topological polar surface area (TPSA) is 52.4 Å². The zero-order chi connectivity index (χ0) is 20.5. The summed E-state index contributed by atoms with van der Waals surface area (Å²) in [7, 11) is 3.37. The predicted octanol–water partition coefficient (Wildman–Crippen LogP) is 4.05. The van der Waals surface area contributed by atoms with E-state index in [1.54, 1.807) is 14.2 Å². The fourth-order valence-electron chi connectivity index (χ4n) is 4.37. The Hall–Kier alpha value is -3.38. The highest BCUT2D eigenvalue weighted by atomic mass is 16.5. The van der Waals surface area contributed by atoms with Crippen LogP contribution in [-0.2, 0) is 13.1 Å². The van der Waals surface area contributed by atoms with Gasteiger partial charge in [-0.15, -0.1) is 5.10 Å². The first kappa shape index (κ1) is 18.6. The van der Waals surface area contributed by atoms with Crippen LogP contribution < -0.4 is 9.47 Å². The van der Waals surface area contributed by atoms with E-state index in [0.717, 1.165) is 35.5 Å². The van der Waals surface area contributed by atoms with Crippen LogP contribution in [0.25, 0.3) is 11.0 Å². The molecule has 6 nitrogen and oxygen atoms in total. The Morgan fingerprint density at radius 2 is 1.67 bits per heavy atom. The van der Waals surface area contributed by atoms with Crippen molar-refractivity contribution in [1.29, 1.82) is 0 Å². The van der Waals surface area contributed by atoms with Crippen molar-refractivity contribution in [1.82, 2.24) is 19.9 Å². The zero-order valence-corrected chi connectivity index (χ0v) is 17.2. The van der Waals surface area contributed by atoms with Crippen LogP contribution in [0.2, 0.25) is 0 Å². The lowest BCUT2D eigenvalue weighted by Crippen LogP contribution is -2.37. The molecule has 4 aromatic rings. The van der Waals surface area contributed by atoms with Gasteiger partial charge in [0.25, 0.3) is 0 Å². The quantitative estimate of drug-likeness (QED) is 0.506. The van der Waals surface area contributed by atoms with E-state index in [1.807, 2.05) is 22.9 Å². The van der Waals surface area contributed by atoms with Crippen molar-refractivity contribution in [2.75, 3.05) is 20.8 Å². The van der Waals surface area contributed by atoms with Crippen molar-refractivity contribution in [2.24, 2.45) is 0 Å². The standard InChI is InChI=1S/C24H24N4O2/c1-29-22-14-18-12-13-27(16-28-21-11-7-6-10-20(21)25-26-28)24(17-8-4-3-5-9-17)19(18)15-23(22)30-2/h3-11,14-15,24H,12-13,16H2,1-2H3. The summed E-state index contributed by atoms with van der Waals surface area (Å²) in [5, 5.41) is 8.74. The van der Waals surface area contributed by atoms with Gasteiger partial charge >= 0.3 is 0 Å². The van der Waals surface area contributed by atoms with Crippen LogP contribution in [0.3, 0.4) is 0 Å². The van der Waals surface area contributed by atoms with Gasteiger partial charge in [-0.2, -0.15) is 0 Å². The highest BCUT2D eigenvalue weighted by Gasteiger charge is 2.31. The molecule has 152 valence electrons. The minimum atomic E-state index is 0.0951. The van der Waals surface area contributed by atoms with Crippen molar-refractivity contribution >= 4 is 11.0 Å². The second kappa shape index (κ2) is 7.80. The molecule has 1 aromatic heterocycles. The van der Waals surface area contributed by atoms with Crippen molar-refractivity contribution in [3.05, 3.63) is 83.4 Å². The molecule has 1 unspecified atom stereocenters. The number of hydrogen-bond acceptors (Lipinski definition) is 5. The molecule has 1 aliphatic rings. The lowest BCUT2D eigenvalue weighted by molar-refractivity contribution is 0.157. The third kappa shape index (κ3) is 3.19. The van der Waals surface area contributed by atoms with Crippen LogP contribution in [-0.4, -0.2) is 40.7 Å². The van der Waals surface area contributed by atoms with Gasteiger partial charge in [-0.05, 0) is 47.4 Å². The molecule has 0 saturated carbocycles. The summed E-state index contributed by atoms with van der Waals surface area (Å²) >= 11 is 0. The molecule has 0 saturated heterocycles. The molecular formula is C24H24N4O2. The lowest BCUT2D eigenvalue weighted by atomic mass is 9.88. The maximum Gasteiger partial charge on any atom is 0.161 e. The average Bonchev–Trinajstić information content (AvgIpc) is 3.21. The van der Waals surface area contributed by atoms with Crippen LogP contribution in [0.5, 0.6) is 11.5 Å². The largest absolute Gasteiger partial charge is 0.493 e. The predicted molar refractivity (Wildman–Crippen MR) is 116 cm³/mol. The van der Waals surface area contributed by atoms with E-state index in [-0.39, 0.29) is 6.04 Å². The molecule has 1 atom stereocenters. The Morgan fingerprint density at radius 3 is 2.47 bits per heavy atom.